The number of rotatable bonds is 1. The monoisotopic (exact) mass is 152 g/mol. The summed E-state index contributed by atoms with van der Waals surface area (Å²) in [5.41, 5.74) is 0. The van der Waals surface area contributed by atoms with Crippen molar-refractivity contribution in [3.8, 4) is 0 Å². The van der Waals surface area contributed by atoms with Gasteiger partial charge >= 0.3 is 28.1 Å². The van der Waals surface area contributed by atoms with Crippen LogP contribution in [0.25, 0.3) is 0 Å². The van der Waals surface area contributed by atoms with Crippen molar-refractivity contribution in [1.82, 2.24) is 0 Å². The minimum atomic E-state index is -1.03. The SMILES string of the molecule is C=CCP.[O]=[Al][Cl]. The normalized spacial score (nSPS) is 4.86. The first-order valence-corrected chi connectivity index (χ1v) is 4.71. The van der Waals surface area contributed by atoms with Crippen LogP contribution >= 0.6 is 19.3 Å². The van der Waals surface area contributed by atoms with E-state index in [1.807, 2.05) is 6.08 Å². The van der Waals surface area contributed by atoms with Crippen LogP contribution in [0.4, 0.5) is 0 Å². The Labute approximate surface area is 56.5 Å². The Balaban J connectivity index is 0. The third-order valence-corrected chi connectivity index (χ3v) is 0.500. The van der Waals surface area contributed by atoms with Gasteiger partial charge in [0.05, 0.1) is 0 Å². The molecule has 7 heavy (non-hydrogen) atoms. The molecule has 0 aromatic heterocycles. The fourth-order valence-electron chi connectivity index (χ4n) is 0. The molecule has 4 heteroatoms. The molecule has 0 aliphatic rings. The molecule has 0 aliphatic heterocycles. The summed E-state index contributed by atoms with van der Waals surface area (Å²) in [5, 5.41) is 0. The minimum absolute atomic E-state index is 1.00. The van der Waals surface area contributed by atoms with Crippen molar-refractivity contribution >= 4 is 33.5 Å². The molecule has 1 unspecified atom stereocenters. The van der Waals surface area contributed by atoms with Crippen LogP contribution in [0.1, 0.15) is 0 Å². The first-order chi connectivity index (χ1) is 3.33. The van der Waals surface area contributed by atoms with Gasteiger partial charge in [-0.05, 0) is 6.16 Å². The summed E-state index contributed by atoms with van der Waals surface area (Å²) in [6.45, 7) is 3.46. The Morgan fingerprint density at radius 2 is 2.14 bits per heavy atom. The van der Waals surface area contributed by atoms with Gasteiger partial charge in [-0.15, -0.1) is 15.8 Å². The van der Waals surface area contributed by atoms with E-state index in [2.05, 4.69) is 25.9 Å². The van der Waals surface area contributed by atoms with Gasteiger partial charge in [-0.1, -0.05) is 6.08 Å². The first-order valence-electron chi connectivity index (χ1n) is 1.68. The van der Waals surface area contributed by atoms with Gasteiger partial charge < -0.3 is 0 Å². The molecular formula is C3H7AlClOP. The Morgan fingerprint density at radius 1 is 2.00 bits per heavy atom. The van der Waals surface area contributed by atoms with E-state index in [4.69, 9.17) is 3.80 Å². The van der Waals surface area contributed by atoms with Gasteiger partial charge in [0.1, 0.15) is 0 Å². The fraction of sp³-hybridized carbons (Fsp3) is 0.333. The van der Waals surface area contributed by atoms with Crippen molar-refractivity contribution in [2.75, 3.05) is 6.16 Å². The molecule has 0 bridgehead atoms. The molecule has 1 nitrogen and oxygen atoms in total. The second kappa shape index (κ2) is 15.8. The van der Waals surface area contributed by atoms with Gasteiger partial charge in [0.15, 0.2) is 0 Å². The Kier molecular flexibility index (Phi) is 24.3. The van der Waals surface area contributed by atoms with Crippen LogP contribution in [-0.2, 0) is 3.80 Å². The van der Waals surface area contributed by atoms with Crippen molar-refractivity contribution in [2.45, 2.75) is 0 Å². The average molecular weight is 152 g/mol. The summed E-state index contributed by atoms with van der Waals surface area (Å²) in [6, 6.07) is 0. The molecule has 0 aromatic carbocycles. The van der Waals surface area contributed by atoms with E-state index in [1.54, 1.807) is 0 Å². The van der Waals surface area contributed by atoms with Gasteiger partial charge in [0.2, 0.25) is 0 Å². The molecule has 0 N–H and O–H groups in total. The van der Waals surface area contributed by atoms with Crippen molar-refractivity contribution < 1.29 is 3.80 Å². The van der Waals surface area contributed by atoms with Crippen LogP contribution < -0.4 is 0 Å². The molecular weight excluding hydrogens is 145 g/mol. The Bertz CT molecular complexity index is 50.2. The third-order valence-electron chi connectivity index (χ3n) is 0.167. The van der Waals surface area contributed by atoms with Crippen LogP contribution in [0.2, 0.25) is 0 Å². The maximum absolute atomic E-state index is 8.78. The molecule has 0 aromatic rings. The Morgan fingerprint density at radius 3 is 2.14 bits per heavy atom. The standard InChI is InChI=1S/C3H7P.Al.ClH.O/c1-2-3-4;;;/h2H,1,3-4H2;;1H;/q;+1;;/p-1. The summed E-state index contributed by atoms with van der Waals surface area (Å²) in [7, 11) is 7.06. The van der Waals surface area contributed by atoms with Gasteiger partial charge in [-0.2, -0.15) is 0 Å². The summed E-state index contributed by atoms with van der Waals surface area (Å²) >= 11 is -1.03. The van der Waals surface area contributed by atoms with Crippen LogP contribution in [0.3, 0.4) is 0 Å². The second-order valence-corrected chi connectivity index (χ2v) is 1.80. The molecule has 0 fully saturated rings. The van der Waals surface area contributed by atoms with Crippen molar-refractivity contribution in [1.29, 1.82) is 0 Å². The molecule has 0 aliphatic carbocycles. The molecule has 1 atom stereocenters. The third kappa shape index (κ3) is 48.6. The first kappa shape index (κ1) is 10.7. The number of halogens is 1. The number of hydrogen-bond donors (Lipinski definition) is 0. The van der Waals surface area contributed by atoms with Gasteiger partial charge in [-0.25, -0.2) is 0 Å². The van der Waals surface area contributed by atoms with Crippen LogP contribution in [0, 0.1) is 0 Å². The summed E-state index contributed by atoms with van der Waals surface area (Å²) in [6.07, 6.45) is 2.84. The van der Waals surface area contributed by atoms with E-state index in [0.717, 1.165) is 6.16 Å². The van der Waals surface area contributed by atoms with E-state index in [1.165, 1.54) is 0 Å². The van der Waals surface area contributed by atoms with E-state index < -0.39 is 14.2 Å². The van der Waals surface area contributed by atoms with E-state index in [-0.39, 0.29) is 0 Å². The average Bonchev–Trinajstić information content (AvgIpc) is 1.69. The summed E-state index contributed by atoms with van der Waals surface area (Å²) in [5.74, 6) is 0. The number of allylic oxidation sites excluding steroid dienone is 1. The molecule has 40 valence electrons. The van der Waals surface area contributed by atoms with E-state index in [0.29, 0.717) is 0 Å². The quantitative estimate of drug-likeness (QED) is 0.314. The van der Waals surface area contributed by atoms with Crippen LogP contribution in [0.5, 0.6) is 0 Å². The van der Waals surface area contributed by atoms with Crippen molar-refractivity contribution in [3.63, 3.8) is 0 Å². The van der Waals surface area contributed by atoms with Gasteiger partial charge in [0.25, 0.3) is 0 Å². The maximum atomic E-state index is 8.78. The molecule has 0 amide bonds. The predicted molar refractivity (Wildman–Crippen MR) is 37.1 cm³/mol. The zero-order chi connectivity index (χ0) is 6.12. The van der Waals surface area contributed by atoms with Crippen molar-refractivity contribution in [2.24, 2.45) is 0 Å². The molecule has 0 saturated carbocycles. The summed E-state index contributed by atoms with van der Waals surface area (Å²) < 4.78 is 8.78. The molecule has 0 spiro atoms. The van der Waals surface area contributed by atoms with Crippen molar-refractivity contribution in [3.05, 3.63) is 12.7 Å². The zero-order valence-electron chi connectivity index (χ0n) is 3.93. The topological polar surface area (TPSA) is 17.1 Å². The fourth-order valence-corrected chi connectivity index (χ4v) is 0. The van der Waals surface area contributed by atoms with Crippen LogP contribution in [0.15, 0.2) is 12.7 Å². The predicted octanol–water partition coefficient (Wildman–Crippen LogP) is 1.24. The van der Waals surface area contributed by atoms with Gasteiger partial charge in [0, 0.05) is 0 Å². The molecule has 0 rings (SSSR count). The van der Waals surface area contributed by atoms with E-state index >= 15 is 0 Å². The molecule has 0 radical (unpaired) electrons. The Hall–Kier alpha value is 0.792. The van der Waals surface area contributed by atoms with E-state index in [9.17, 15) is 0 Å². The van der Waals surface area contributed by atoms with Gasteiger partial charge in [-0.3, -0.25) is 0 Å². The van der Waals surface area contributed by atoms with Crippen LogP contribution in [-0.4, -0.2) is 20.4 Å². The molecule has 0 saturated heterocycles. The number of hydrogen-bond acceptors (Lipinski definition) is 1. The molecule has 0 heterocycles. The second-order valence-electron chi connectivity index (χ2n) is 0.613. The summed E-state index contributed by atoms with van der Waals surface area (Å²) in [4.78, 5) is 0. The zero-order valence-corrected chi connectivity index (χ0v) is 7.00.